The molecular formula is C18H20N4O2. The summed E-state index contributed by atoms with van der Waals surface area (Å²) in [6.45, 7) is 3.30. The van der Waals surface area contributed by atoms with E-state index < -0.39 is 0 Å². The van der Waals surface area contributed by atoms with Crippen molar-refractivity contribution in [2.45, 2.75) is 26.4 Å². The number of para-hydroxylation sites is 1. The first kappa shape index (κ1) is 16.0. The average molecular weight is 324 g/mol. The van der Waals surface area contributed by atoms with Crippen LogP contribution < -0.4 is 10.9 Å². The molecule has 0 saturated carbocycles. The molecule has 24 heavy (non-hydrogen) atoms. The third-order valence-corrected chi connectivity index (χ3v) is 4.00. The van der Waals surface area contributed by atoms with Crippen LogP contribution in [0.2, 0.25) is 0 Å². The zero-order chi connectivity index (χ0) is 16.9. The topological polar surface area (TPSA) is 68.9 Å². The number of fused-ring (bicyclic) bond motifs is 1. The largest absolute Gasteiger partial charge is 0.354 e. The molecule has 0 fully saturated rings. The van der Waals surface area contributed by atoms with Crippen LogP contribution in [0.15, 0.2) is 53.8 Å². The van der Waals surface area contributed by atoms with Crippen molar-refractivity contribution in [1.82, 2.24) is 19.4 Å². The molecule has 6 nitrogen and oxygen atoms in total. The minimum absolute atomic E-state index is 0.0324. The van der Waals surface area contributed by atoms with Crippen LogP contribution in [0.3, 0.4) is 0 Å². The van der Waals surface area contributed by atoms with Crippen LogP contribution in [0.4, 0.5) is 0 Å². The van der Waals surface area contributed by atoms with Gasteiger partial charge in [0.25, 0.3) is 5.56 Å². The highest BCUT2D eigenvalue weighted by atomic mass is 16.2. The Balaban J connectivity index is 1.64. The number of nitrogens with zero attached hydrogens (tertiary/aromatic N) is 3. The molecule has 0 aliphatic carbocycles. The van der Waals surface area contributed by atoms with Gasteiger partial charge in [0, 0.05) is 36.9 Å². The molecule has 3 aromatic rings. The van der Waals surface area contributed by atoms with Gasteiger partial charge in [-0.3, -0.25) is 14.2 Å². The Morgan fingerprint density at radius 3 is 2.92 bits per heavy atom. The summed E-state index contributed by atoms with van der Waals surface area (Å²) < 4.78 is 3.48. The van der Waals surface area contributed by atoms with Crippen molar-refractivity contribution in [2.24, 2.45) is 0 Å². The fourth-order valence-corrected chi connectivity index (χ4v) is 2.77. The number of carbonyl (C=O) groups is 1. The quantitative estimate of drug-likeness (QED) is 0.702. The van der Waals surface area contributed by atoms with Crippen LogP contribution in [-0.2, 0) is 17.9 Å². The maximum absolute atomic E-state index is 12.2. The second-order valence-electron chi connectivity index (χ2n) is 5.77. The number of benzene rings is 1. The van der Waals surface area contributed by atoms with Crippen molar-refractivity contribution in [2.75, 3.05) is 6.54 Å². The van der Waals surface area contributed by atoms with Gasteiger partial charge in [0.05, 0.1) is 11.8 Å². The molecule has 0 radical (unpaired) electrons. The Morgan fingerprint density at radius 1 is 1.29 bits per heavy atom. The second-order valence-corrected chi connectivity index (χ2v) is 5.77. The van der Waals surface area contributed by atoms with E-state index in [2.05, 4.69) is 10.3 Å². The molecule has 3 rings (SSSR count). The summed E-state index contributed by atoms with van der Waals surface area (Å²) >= 11 is 0. The van der Waals surface area contributed by atoms with Gasteiger partial charge in [0.2, 0.25) is 5.91 Å². The Labute approximate surface area is 139 Å². The Morgan fingerprint density at radius 2 is 2.12 bits per heavy atom. The molecule has 1 amide bonds. The van der Waals surface area contributed by atoms with E-state index in [1.807, 2.05) is 42.0 Å². The Kier molecular flexibility index (Phi) is 4.74. The fraction of sp³-hybridized carbons (Fsp3) is 0.278. The van der Waals surface area contributed by atoms with E-state index in [-0.39, 0.29) is 18.0 Å². The van der Waals surface area contributed by atoms with Crippen molar-refractivity contribution in [3.05, 3.63) is 65.0 Å². The highest BCUT2D eigenvalue weighted by molar-refractivity contribution is 5.84. The zero-order valence-corrected chi connectivity index (χ0v) is 13.6. The summed E-state index contributed by atoms with van der Waals surface area (Å²) in [5.41, 5.74) is 1.56. The minimum atomic E-state index is -0.156. The Hall–Kier alpha value is -2.89. The molecule has 6 heteroatoms. The third-order valence-electron chi connectivity index (χ3n) is 4.00. The zero-order valence-electron chi connectivity index (χ0n) is 13.6. The molecule has 124 valence electrons. The molecule has 0 aliphatic rings. The maximum atomic E-state index is 12.2. The van der Waals surface area contributed by atoms with Gasteiger partial charge in [0.1, 0.15) is 6.54 Å². The lowest BCUT2D eigenvalue weighted by Gasteiger charge is -2.12. The monoisotopic (exact) mass is 324 g/mol. The molecule has 0 atom stereocenters. The molecule has 2 heterocycles. The van der Waals surface area contributed by atoms with Gasteiger partial charge < -0.3 is 9.88 Å². The fourth-order valence-electron chi connectivity index (χ4n) is 2.77. The lowest BCUT2D eigenvalue weighted by atomic mass is 10.1. The number of nitrogens with one attached hydrogen (secondary N) is 1. The first-order valence-electron chi connectivity index (χ1n) is 7.97. The Bertz CT molecular complexity index is 897. The van der Waals surface area contributed by atoms with E-state index in [9.17, 15) is 9.59 Å². The van der Waals surface area contributed by atoms with Crippen LogP contribution in [0.25, 0.3) is 10.9 Å². The van der Waals surface area contributed by atoms with Gasteiger partial charge in [-0.05, 0) is 25.0 Å². The smallest absolute Gasteiger partial charge is 0.251 e. The summed E-state index contributed by atoms with van der Waals surface area (Å²) in [6.07, 6.45) is 6.18. The van der Waals surface area contributed by atoms with E-state index in [1.165, 1.54) is 4.57 Å². The molecule has 1 N–H and O–H groups in total. The third kappa shape index (κ3) is 3.53. The van der Waals surface area contributed by atoms with Crippen molar-refractivity contribution in [1.29, 1.82) is 0 Å². The van der Waals surface area contributed by atoms with Crippen LogP contribution >= 0.6 is 0 Å². The van der Waals surface area contributed by atoms with Crippen molar-refractivity contribution in [3.63, 3.8) is 0 Å². The summed E-state index contributed by atoms with van der Waals surface area (Å²) in [6, 6.07) is 9.22. The van der Waals surface area contributed by atoms with Crippen LogP contribution in [-0.4, -0.2) is 26.6 Å². The van der Waals surface area contributed by atoms with Crippen molar-refractivity contribution in [3.8, 4) is 0 Å². The van der Waals surface area contributed by atoms with Gasteiger partial charge in [0.15, 0.2) is 0 Å². The molecule has 0 unspecified atom stereocenters. The average Bonchev–Trinajstić information content (AvgIpc) is 3.09. The van der Waals surface area contributed by atoms with E-state index in [4.69, 9.17) is 0 Å². The number of rotatable bonds is 6. The number of amides is 1. The minimum Gasteiger partial charge on any atom is -0.354 e. The van der Waals surface area contributed by atoms with E-state index in [0.717, 1.165) is 29.4 Å². The molecule has 0 spiro atoms. The lowest BCUT2D eigenvalue weighted by molar-refractivity contribution is -0.121. The molecule has 0 aliphatic heterocycles. The number of hydrogen-bond acceptors (Lipinski definition) is 3. The first-order chi connectivity index (χ1) is 11.6. The van der Waals surface area contributed by atoms with Crippen LogP contribution in [0, 0.1) is 6.92 Å². The standard InChI is InChI=1S/C18H20N4O2/c1-14-11-18(24)22(16-6-3-2-5-15(14)16)12-17(23)20-7-4-9-21-10-8-19-13-21/h2-3,5-6,8,10-11,13H,4,7,9,12H2,1H3,(H,20,23). The molecule has 2 aromatic heterocycles. The summed E-state index contributed by atoms with van der Waals surface area (Å²) in [5.74, 6) is -0.156. The predicted molar refractivity (Wildman–Crippen MR) is 92.8 cm³/mol. The number of aromatic nitrogens is 3. The van der Waals surface area contributed by atoms with E-state index in [1.54, 1.807) is 18.6 Å². The summed E-state index contributed by atoms with van der Waals surface area (Å²) in [5, 5.41) is 3.86. The molecule has 0 saturated heterocycles. The van der Waals surface area contributed by atoms with Gasteiger partial charge >= 0.3 is 0 Å². The van der Waals surface area contributed by atoms with Crippen molar-refractivity contribution >= 4 is 16.8 Å². The van der Waals surface area contributed by atoms with Crippen molar-refractivity contribution < 1.29 is 4.79 Å². The molecule has 1 aromatic carbocycles. The second kappa shape index (κ2) is 7.12. The SMILES string of the molecule is Cc1cc(=O)n(CC(=O)NCCCn2ccnc2)c2ccccc12. The van der Waals surface area contributed by atoms with E-state index in [0.29, 0.717) is 6.54 Å². The number of pyridine rings is 1. The van der Waals surface area contributed by atoms with Gasteiger partial charge in [-0.25, -0.2) is 4.98 Å². The first-order valence-corrected chi connectivity index (χ1v) is 7.97. The predicted octanol–water partition coefficient (Wildman–Crippen LogP) is 1.71. The summed E-state index contributed by atoms with van der Waals surface area (Å²) in [7, 11) is 0. The lowest BCUT2D eigenvalue weighted by Crippen LogP contribution is -2.33. The van der Waals surface area contributed by atoms with Crippen LogP contribution in [0.1, 0.15) is 12.0 Å². The van der Waals surface area contributed by atoms with Crippen LogP contribution in [0.5, 0.6) is 0 Å². The normalized spacial score (nSPS) is 10.9. The number of imidazole rings is 1. The van der Waals surface area contributed by atoms with Gasteiger partial charge in [-0.1, -0.05) is 18.2 Å². The summed E-state index contributed by atoms with van der Waals surface area (Å²) in [4.78, 5) is 28.4. The highest BCUT2D eigenvalue weighted by Crippen LogP contribution is 2.15. The van der Waals surface area contributed by atoms with E-state index >= 15 is 0 Å². The number of carbonyl (C=O) groups excluding carboxylic acids is 1. The molecule has 0 bridgehead atoms. The molecular weight excluding hydrogens is 304 g/mol. The maximum Gasteiger partial charge on any atom is 0.251 e. The number of aryl methyl sites for hydroxylation is 2. The van der Waals surface area contributed by atoms with Gasteiger partial charge in [-0.15, -0.1) is 0 Å². The van der Waals surface area contributed by atoms with Gasteiger partial charge in [-0.2, -0.15) is 0 Å². The highest BCUT2D eigenvalue weighted by Gasteiger charge is 2.09. The number of hydrogen-bond donors (Lipinski definition) is 1.